The first-order chi connectivity index (χ1) is 12.2. The molecule has 0 saturated heterocycles. The van der Waals surface area contributed by atoms with Gasteiger partial charge >= 0.3 is 0 Å². The smallest absolute Gasteiger partial charge is 0.259 e. The minimum Gasteiger partial charge on any atom is -0.353 e. The highest BCUT2D eigenvalue weighted by molar-refractivity contribution is 6.39. The van der Waals surface area contributed by atoms with Crippen molar-refractivity contribution in [2.45, 2.75) is 0 Å². The number of nitrogens with one attached hydrogen (secondary N) is 3. The van der Waals surface area contributed by atoms with Gasteiger partial charge < -0.3 is 9.97 Å². The summed E-state index contributed by atoms with van der Waals surface area (Å²) in [5, 5.41) is 5.96. The Labute approximate surface area is 142 Å². The fourth-order valence-electron chi connectivity index (χ4n) is 4.11. The third-order valence-corrected chi connectivity index (χ3v) is 5.09. The van der Waals surface area contributed by atoms with Crippen LogP contribution in [0.4, 0.5) is 0 Å². The molecule has 0 unspecified atom stereocenters. The fourth-order valence-corrected chi connectivity index (χ4v) is 4.11. The average molecular weight is 327 g/mol. The van der Waals surface area contributed by atoms with Crippen LogP contribution in [-0.2, 0) is 0 Å². The van der Waals surface area contributed by atoms with E-state index in [1.807, 2.05) is 48.5 Å². The number of benzene rings is 3. The van der Waals surface area contributed by atoms with Gasteiger partial charge in [-0.2, -0.15) is 0 Å². The van der Waals surface area contributed by atoms with Crippen molar-refractivity contribution in [2.24, 2.45) is 0 Å². The van der Waals surface area contributed by atoms with Gasteiger partial charge in [-0.15, -0.1) is 0 Å². The molecular weight excluding hydrogens is 314 g/mol. The number of fused-ring (bicyclic) bond motifs is 10. The van der Waals surface area contributed by atoms with Gasteiger partial charge in [0.1, 0.15) is 0 Å². The number of H-pyrrole nitrogens is 2. The van der Waals surface area contributed by atoms with Gasteiger partial charge in [0.2, 0.25) is 0 Å². The third kappa shape index (κ3) is 1.39. The number of amides is 2. The third-order valence-electron chi connectivity index (χ3n) is 5.09. The molecule has 3 heterocycles. The Kier molecular flexibility index (Phi) is 2.08. The van der Waals surface area contributed by atoms with Crippen molar-refractivity contribution in [3.63, 3.8) is 0 Å². The number of rotatable bonds is 0. The molecule has 6 rings (SSSR count). The van der Waals surface area contributed by atoms with Crippen molar-refractivity contribution in [3.8, 4) is 0 Å². The van der Waals surface area contributed by atoms with E-state index in [0.717, 1.165) is 43.6 Å². The SMILES string of the molecule is O=C1NC(=O)c2c1c1c3ccccc3[nH]c1c1[nH]c3ccccc3c21.[HH]. The molecule has 0 aliphatic carbocycles. The van der Waals surface area contributed by atoms with Gasteiger partial charge in [-0.25, -0.2) is 0 Å². The summed E-state index contributed by atoms with van der Waals surface area (Å²) >= 11 is 0. The number of para-hydroxylation sites is 2. The standard InChI is InChI=1S/C20H11N3O2.H2/c24-19-15-13-9-5-1-3-7-11(9)21-17(13)18-14(16(15)20(25)23-19)10-6-2-4-8-12(10)22-18;/h1-8,21-22H,(H,23,24,25);1H. The summed E-state index contributed by atoms with van der Waals surface area (Å²) < 4.78 is 0. The molecule has 0 bridgehead atoms. The number of hydrogen-bond acceptors (Lipinski definition) is 2. The average Bonchev–Trinajstić information content (AvgIpc) is 3.26. The van der Waals surface area contributed by atoms with E-state index in [9.17, 15) is 9.59 Å². The van der Waals surface area contributed by atoms with Gasteiger partial charge in [-0.1, -0.05) is 36.4 Å². The Morgan fingerprint density at radius 3 is 1.56 bits per heavy atom. The lowest BCUT2D eigenvalue weighted by Crippen LogP contribution is -2.20. The largest absolute Gasteiger partial charge is 0.353 e. The molecule has 5 nitrogen and oxygen atoms in total. The number of imide groups is 1. The monoisotopic (exact) mass is 327 g/mol. The molecule has 5 heteroatoms. The molecule has 3 aromatic carbocycles. The summed E-state index contributed by atoms with van der Waals surface area (Å²) in [6, 6.07) is 15.7. The van der Waals surface area contributed by atoms with Crippen LogP contribution in [0.15, 0.2) is 48.5 Å². The molecule has 5 aromatic rings. The van der Waals surface area contributed by atoms with E-state index >= 15 is 0 Å². The van der Waals surface area contributed by atoms with E-state index in [4.69, 9.17) is 0 Å². The maximum Gasteiger partial charge on any atom is 0.259 e. The number of aromatic nitrogens is 2. The first-order valence-electron chi connectivity index (χ1n) is 8.06. The van der Waals surface area contributed by atoms with Crippen molar-refractivity contribution >= 4 is 55.4 Å². The van der Waals surface area contributed by atoms with Crippen molar-refractivity contribution in [2.75, 3.05) is 0 Å². The quantitative estimate of drug-likeness (QED) is 0.375. The van der Waals surface area contributed by atoms with Crippen LogP contribution < -0.4 is 5.32 Å². The number of aromatic amines is 2. The second-order valence-electron chi connectivity index (χ2n) is 6.37. The zero-order valence-corrected chi connectivity index (χ0v) is 12.9. The molecule has 0 spiro atoms. The molecule has 25 heavy (non-hydrogen) atoms. The molecule has 0 radical (unpaired) electrons. The molecule has 3 N–H and O–H groups in total. The number of carbonyl (C=O) groups excluding carboxylic acids is 2. The summed E-state index contributed by atoms with van der Waals surface area (Å²) in [5.41, 5.74) is 4.53. The first-order valence-corrected chi connectivity index (χ1v) is 8.06. The molecule has 2 aromatic heterocycles. The number of carbonyl (C=O) groups is 2. The summed E-state index contributed by atoms with van der Waals surface area (Å²) in [6.07, 6.45) is 0. The maximum absolute atomic E-state index is 12.6. The van der Waals surface area contributed by atoms with Gasteiger partial charge in [0.15, 0.2) is 0 Å². The van der Waals surface area contributed by atoms with E-state index < -0.39 is 0 Å². The summed E-state index contributed by atoms with van der Waals surface area (Å²) in [6.45, 7) is 0. The molecular formula is C20H13N3O2. The summed E-state index contributed by atoms with van der Waals surface area (Å²) in [4.78, 5) is 32.0. The van der Waals surface area contributed by atoms with E-state index in [2.05, 4.69) is 15.3 Å². The van der Waals surface area contributed by atoms with Crippen molar-refractivity contribution in [3.05, 3.63) is 59.7 Å². The lowest BCUT2D eigenvalue weighted by molar-refractivity contribution is 0.0880. The minimum absolute atomic E-state index is 0. The van der Waals surface area contributed by atoms with Crippen molar-refractivity contribution < 1.29 is 11.0 Å². The second-order valence-corrected chi connectivity index (χ2v) is 6.37. The minimum atomic E-state index is -0.332. The molecule has 120 valence electrons. The Hall–Kier alpha value is -3.60. The van der Waals surface area contributed by atoms with Crippen LogP contribution in [0.5, 0.6) is 0 Å². The fraction of sp³-hybridized carbons (Fsp3) is 0. The zero-order chi connectivity index (χ0) is 16.7. The van der Waals surface area contributed by atoms with E-state index in [1.54, 1.807) is 0 Å². The second kappa shape index (κ2) is 4.08. The van der Waals surface area contributed by atoms with E-state index in [-0.39, 0.29) is 13.2 Å². The highest BCUT2D eigenvalue weighted by atomic mass is 16.2. The maximum atomic E-state index is 12.6. The highest BCUT2D eigenvalue weighted by Gasteiger charge is 2.34. The van der Waals surface area contributed by atoms with E-state index in [1.165, 1.54) is 0 Å². The topological polar surface area (TPSA) is 77.8 Å². The molecule has 1 aliphatic rings. The van der Waals surface area contributed by atoms with Gasteiger partial charge in [0.05, 0.1) is 22.2 Å². The predicted octanol–water partition coefficient (Wildman–Crippen LogP) is 4.09. The van der Waals surface area contributed by atoms with Crippen LogP contribution in [0.3, 0.4) is 0 Å². The number of hydrogen-bond donors (Lipinski definition) is 3. The Morgan fingerprint density at radius 2 is 1.08 bits per heavy atom. The van der Waals surface area contributed by atoms with Crippen molar-refractivity contribution in [1.82, 2.24) is 15.3 Å². The summed E-state index contributed by atoms with van der Waals surface area (Å²) in [7, 11) is 0. The lowest BCUT2D eigenvalue weighted by atomic mass is 9.97. The van der Waals surface area contributed by atoms with E-state index in [0.29, 0.717) is 11.1 Å². The molecule has 0 saturated carbocycles. The van der Waals surface area contributed by atoms with Crippen LogP contribution in [0.1, 0.15) is 22.1 Å². The van der Waals surface area contributed by atoms with Crippen LogP contribution >= 0.6 is 0 Å². The molecule has 2 amide bonds. The molecule has 0 atom stereocenters. The van der Waals surface area contributed by atoms with Crippen LogP contribution in [0.2, 0.25) is 0 Å². The lowest BCUT2D eigenvalue weighted by Gasteiger charge is -2.02. The Morgan fingerprint density at radius 1 is 0.640 bits per heavy atom. The normalized spacial score (nSPS) is 14.1. The zero-order valence-electron chi connectivity index (χ0n) is 12.9. The first kappa shape index (κ1) is 12.8. The van der Waals surface area contributed by atoms with Crippen LogP contribution in [0.25, 0.3) is 43.6 Å². The van der Waals surface area contributed by atoms with Gasteiger partial charge in [0, 0.05) is 34.0 Å². The van der Waals surface area contributed by atoms with Crippen LogP contribution in [0, 0.1) is 0 Å². The Bertz CT molecular complexity index is 1300. The van der Waals surface area contributed by atoms with Gasteiger partial charge in [-0.3, -0.25) is 14.9 Å². The highest BCUT2D eigenvalue weighted by Crippen LogP contribution is 2.41. The van der Waals surface area contributed by atoms with Crippen molar-refractivity contribution in [1.29, 1.82) is 0 Å². The Balaban J connectivity index is 0.00000150. The van der Waals surface area contributed by atoms with Gasteiger partial charge in [-0.05, 0) is 12.1 Å². The van der Waals surface area contributed by atoms with Crippen LogP contribution in [-0.4, -0.2) is 21.8 Å². The molecule has 1 aliphatic heterocycles. The summed E-state index contributed by atoms with van der Waals surface area (Å²) in [5.74, 6) is -0.663. The molecule has 0 fully saturated rings. The predicted molar refractivity (Wildman–Crippen MR) is 99.1 cm³/mol. The van der Waals surface area contributed by atoms with Gasteiger partial charge in [0.25, 0.3) is 11.8 Å².